The van der Waals surface area contributed by atoms with Crippen LogP contribution in [0.5, 0.6) is 0 Å². The van der Waals surface area contributed by atoms with Crippen LogP contribution in [0.15, 0.2) is 36.7 Å². The molecule has 18 heavy (non-hydrogen) atoms. The van der Waals surface area contributed by atoms with E-state index in [0.717, 1.165) is 0 Å². The number of ketones is 1. The Labute approximate surface area is 103 Å². The van der Waals surface area contributed by atoms with Crippen LogP contribution in [0.25, 0.3) is 0 Å². The number of Topliss-reactive ketones (excluding diaryl/α,β-unsaturated/α-hetero) is 1. The third-order valence-electron chi connectivity index (χ3n) is 2.56. The molecule has 90 valence electrons. The zero-order valence-corrected chi connectivity index (χ0v) is 9.67. The van der Waals surface area contributed by atoms with Crippen molar-refractivity contribution >= 4 is 5.78 Å². The lowest BCUT2D eigenvalue weighted by Crippen LogP contribution is -2.10. The van der Waals surface area contributed by atoms with Gasteiger partial charge in [0.1, 0.15) is 11.7 Å². The summed E-state index contributed by atoms with van der Waals surface area (Å²) in [5.74, 6) is -1.85. The van der Waals surface area contributed by atoms with Gasteiger partial charge in [0.15, 0.2) is 5.78 Å². The lowest BCUT2D eigenvalue weighted by molar-refractivity contribution is 0.0979. The summed E-state index contributed by atoms with van der Waals surface area (Å²) in [6, 6.07) is 7.41. The zero-order chi connectivity index (χ0) is 13.1. The molecule has 0 bridgehead atoms. The van der Waals surface area contributed by atoms with Gasteiger partial charge in [-0.2, -0.15) is 10.4 Å². The summed E-state index contributed by atoms with van der Waals surface area (Å²) in [5, 5.41) is 13.0. The summed E-state index contributed by atoms with van der Waals surface area (Å²) in [4.78, 5) is 12.1. The Morgan fingerprint density at radius 2 is 2.33 bits per heavy atom. The molecule has 0 radical (unpaired) electrons. The average Bonchev–Trinajstić information content (AvgIpc) is 2.77. The number of nitriles is 1. The average molecular weight is 243 g/mol. The van der Waals surface area contributed by atoms with Crippen molar-refractivity contribution in [1.82, 2.24) is 9.78 Å². The maximum Gasteiger partial charge on any atom is 0.187 e. The molecule has 0 saturated carbocycles. The van der Waals surface area contributed by atoms with Gasteiger partial charge in [0, 0.05) is 13.2 Å². The second kappa shape index (κ2) is 4.80. The maximum atomic E-state index is 13.1. The van der Waals surface area contributed by atoms with Crippen LogP contribution < -0.4 is 0 Å². The van der Waals surface area contributed by atoms with E-state index < -0.39 is 11.7 Å². The number of hydrogen-bond acceptors (Lipinski definition) is 3. The van der Waals surface area contributed by atoms with Gasteiger partial charge in [0.2, 0.25) is 0 Å². The molecule has 0 fully saturated rings. The third kappa shape index (κ3) is 2.28. The van der Waals surface area contributed by atoms with Gasteiger partial charge in [-0.05, 0) is 17.7 Å². The number of carbonyl (C=O) groups is 1. The smallest absolute Gasteiger partial charge is 0.187 e. The summed E-state index contributed by atoms with van der Waals surface area (Å²) in [5.41, 5.74) is 0.694. The van der Waals surface area contributed by atoms with Crippen LogP contribution in [-0.4, -0.2) is 15.6 Å². The van der Waals surface area contributed by atoms with E-state index in [9.17, 15) is 9.18 Å². The molecule has 2 aromatic rings. The van der Waals surface area contributed by atoms with Crippen LogP contribution in [0, 0.1) is 17.1 Å². The molecule has 1 aromatic carbocycles. The Bertz CT molecular complexity index is 627. The molecule has 1 heterocycles. The van der Waals surface area contributed by atoms with E-state index in [4.69, 9.17) is 5.26 Å². The quantitative estimate of drug-likeness (QED) is 0.775. The van der Waals surface area contributed by atoms with E-state index >= 15 is 0 Å². The predicted molar refractivity (Wildman–Crippen MR) is 62.3 cm³/mol. The summed E-state index contributed by atoms with van der Waals surface area (Å²) < 4.78 is 14.6. The van der Waals surface area contributed by atoms with Crippen molar-refractivity contribution in [2.24, 2.45) is 7.05 Å². The van der Waals surface area contributed by atoms with Crippen molar-refractivity contribution in [1.29, 1.82) is 5.26 Å². The van der Waals surface area contributed by atoms with Gasteiger partial charge in [-0.15, -0.1) is 0 Å². The largest absolute Gasteiger partial charge is 0.292 e. The lowest BCUT2D eigenvalue weighted by atomic mass is 9.93. The van der Waals surface area contributed by atoms with E-state index in [-0.39, 0.29) is 5.78 Å². The summed E-state index contributed by atoms with van der Waals surface area (Å²) >= 11 is 0. The summed E-state index contributed by atoms with van der Waals surface area (Å²) in [6.45, 7) is 0. The fourth-order valence-corrected chi connectivity index (χ4v) is 1.69. The Morgan fingerprint density at radius 3 is 2.89 bits per heavy atom. The molecule has 0 amide bonds. The molecule has 5 heteroatoms. The maximum absolute atomic E-state index is 13.1. The first-order valence-corrected chi connectivity index (χ1v) is 5.30. The second-order valence-corrected chi connectivity index (χ2v) is 3.88. The van der Waals surface area contributed by atoms with Crippen molar-refractivity contribution in [3.63, 3.8) is 0 Å². The Morgan fingerprint density at radius 1 is 1.56 bits per heavy atom. The van der Waals surface area contributed by atoms with Crippen LogP contribution in [0.2, 0.25) is 0 Å². The van der Waals surface area contributed by atoms with E-state index in [1.54, 1.807) is 13.1 Å². The number of halogens is 1. The number of hydrogen-bond donors (Lipinski definition) is 0. The monoisotopic (exact) mass is 243 g/mol. The Kier molecular flexibility index (Phi) is 3.20. The molecule has 1 atom stereocenters. The molecule has 0 N–H and O–H groups in total. The van der Waals surface area contributed by atoms with Gasteiger partial charge in [0.25, 0.3) is 0 Å². The fourth-order valence-electron chi connectivity index (χ4n) is 1.69. The first-order valence-electron chi connectivity index (χ1n) is 5.30. The number of rotatable bonds is 3. The summed E-state index contributed by atoms with van der Waals surface area (Å²) in [7, 11) is 1.68. The van der Waals surface area contributed by atoms with Crippen LogP contribution in [0.4, 0.5) is 4.39 Å². The van der Waals surface area contributed by atoms with Crippen LogP contribution in [0.3, 0.4) is 0 Å². The van der Waals surface area contributed by atoms with Crippen LogP contribution in [0.1, 0.15) is 21.8 Å². The molecule has 0 spiro atoms. The van der Waals surface area contributed by atoms with Crippen molar-refractivity contribution in [3.8, 4) is 6.07 Å². The molecule has 1 unspecified atom stereocenters. The number of aromatic nitrogens is 2. The van der Waals surface area contributed by atoms with Crippen LogP contribution in [-0.2, 0) is 7.05 Å². The third-order valence-corrected chi connectivity index (χ3v) is 2.56. The highest BCUT2D eigenvalue weighted by Gasteiger charge is 2.23. The molecule has 2 rings (SSSR count). The van der Waals surface area contributed by atoms with Gasteiger partial charge in [-0.1, -0.05) is 12.1 Å². The number of aryl methyl sites for hydroxylation is 1. The van der Waals surface area contributed by atoms with Gasteiger partial charge < -0.3 is 0 Å². The van der Waals surface area contributed by atoms with Crippen molar-refractivity contribution < 1.29 is 9.18 Å². The predicted octanol–water partition coefficient (Wildman–Crippen LogP) is 2.05. The SMILES string of the molecule is Cn1cc(C(=O)C(C#N)c2cccc(F)c2)cn1. The molecular formula is C13H10FN3O. The zero-order valence-electron chi connectivity index (χ0n) is 9.67. The van der Waals surface area contributed by atoms with E-state index in [0.29, 0.717) is 11.1 Å². The van der Waals surface area contributed by atoms with Crippen LogP contribution >= 0.6 is 0 Å². The first-order chi connectivity index (χ1) is 8.61. The number of nitrogens with zero attached hydrogens (tertiary/aromatic N) is 3. The van der Waals surface area contributed by atoms with E-state index in [2.05, 4.69) is 5.10 Å². The Balaban J connectivity index is 2.35. The molecular weight excluding hydrogens is 233 g/mol. The molecule has 0 aliphatic carbocycles. The normalized spacial score (nSPS) is 11.8. The topological polar surface area (TPSA) is 58.7 Å². The number of carbonyl (C=O) groups excluding carboxylic acids is 1. The van der Waals surface area contributed by atoms with Gasteiger partial charge in [-0.25, -0.2) is 4.39 Å². The van der Waals surface area contributed by atoms with Crippen molar-refractivity contribution in [2.75, 3.05) is 0 Å². The molecule has 0 saturated heterocycles. The number of benzene rings is 1. The summed E-state index contributed by atoms with van der Waals surface area (Å²) in [6.07, 6.45) is 2.93. The highest BCUT2D eigenvalue weighted by Crippen LogP contribution is 2.20. The standard InChI is InChI=1S/C13H10FN3O/c1-17-8-10(7-16-17)13(18)12(6-15)9-3-2-4-11(14)5-9/h2-5,7-8,12H,1H3. The fraction of sp³-hybridized carbons (Fsp3) is 0.154. The molecule has 4 nitrogen and oxygen atoms in total. The van der Waals surface area contributed by atoms with Crippen molar-refractivity contribution in [3.05, 3.63) is 53.6 Å². The van der Waals surface area contributed by atoms with E-state index in [1.807, 2.05) is 6.07 Å². The minimum Gasteiger partial charge on any atom is -0.292 e. The Hall–Kier alpha value is -2.48. The molecule has 0 aliphatic heterocycles. The van der Waals surface area contributed by atoms with Crippen molar-refractivity contribution in [2.45, 2.75) is 5.92 Å². The van der Waals surface area contributed by atoms with Gasteiger partial charge in [0.05, 0.1) is 17.8 Å². The highest BCUT2D eigenvalue weighted by atomic mass is 19.1. The lowest BCUT2D eigenvalue weighted by Gasteiger charge is -2.06. The minimum absolute atomic E-state index is 0.341. The second-order valence-electron chi connectivity index (χ2n) is 3.88. The van der Waals surface area contributed by atoms with Gasteiger partial charge >= 0.3 is 0 Å². The highest BCUT2D eigenvalue weighted by molar-refractivity contribution is 6.02. The molecule has 0 aliphatic rings. The molecule has 1 aromatic heterocycles. The minimum atomic E-state index is -1.01. The first kappa shape index (κ1) is 12.0. The van der Waals surface area contributed by atoms with Gasteiger partial charge in [-0.3, -0.25) is 9.48 Å². The van der Waals surface area contributed by atoms with E-state index in [1.165, 1.54) is 35.3 Å².